The molecule has 0 radical (unpaired) electrons. The van der Waals surface area contributed by atoms with Gasteiger partial charge in [0.15, 0.2) is 11.5 Å². The zero-order chi connectivity index (χ0) is 14.3. The predicted octanol–water partition coefficient (Wildman–Crippen LogP) is 2.77. The van der Waals surface area contributed by atoms with Crippen molar-refractivity contribution >= 4 is 0 Å². The van der Waals surface area contributed by atoms with E-state index in [2.05, 4.69) is 0 Å². The molecule has 0 aliphatic heterocycles. The van der Waals surface area contributed by atoms with Gasteiger partial charge in [-0.25, -0.2) is 0 Å². The van der Waals surface area contributed by atoms with Crippen LogP contribution in [0.4, 0.5) is 0 Å². The molecule has 0 aliphatic carbocycles. The minimum atomic E-state index is 0.0988. The second kappa shape index (κ2) is 7.89. The molecule has 0 saturated carbocycles. The first-order chi connectivity index (χ1) is 9.12. The highest BCUT2D eigenvalue weighted by molar-refractivity contribution is 5.50. The van der Waals surface area contributed by atoms with Crippen LogP contribution in [0.5, 0.6) is 17.2 Å². The normalized spacial score (nSPS) is 10.6. The van der Waals surface area contributed by atoms with Crippen molar-refractivity contribution in [3.63, 3.8) is 0 Å². The van der Waals surface area contributed by atoms with Crippen molar-refractivity contribution in [2.45, 2.75) is 39.2 Å². The Bertz CT molecular complexity index is 391. The van der Waals surface area contributed by atoms with E-state index < -0.39 is 0 Å². The fourth-order valence-electron chi connectivity index (χ4n) is 1.93. The monoisotopic (exact) mass is 267 g/mol. The van der Waals surface area contributed by atoms with Gasteiger partial charge >= 0.3 is 0 Å². The van der Waals surface area contributed by atoms with Gasteiger partial charge in [-0.05, 0) is 51.3 Å². The van der Waals surface area contributed by atoms with Gasteiger partial charge in [0.25, 0.3) is 0 Å². The van der Waals surface area contributed by atoms with Gasteiger partial charge in [-0.3, -0.25) is 0 Å². The highest BCUT2D eigenvalue weighted by Crippen LogP contribution is 2.36. The molecule has 0 aliphatic rings. The van der Waals surface area contributed by atoms with Crippen LogP contribution in [0.1, 0.15) is 32.3 Å². The number of hydrogen-bond donors (Lipinski definition) is 1. The molecule has 0 heterocycles. The molecule has 0 unspecified atom stereocenters. The number of benzene rings is 1. The Balaban J connectivity index is 2.97. The van der Waals surface area contributed by atoms with Crippen LogP contribution < -0.4 is 19.9 Å². The summed E-state index contributed by atoms with van der Waals surface area (Å²) in [7, 11) is 3.33. The van der Waals surface area contributed by atoms with Crippen molar-refractivity contribution in [1.29, 1.82) is 0 Å². The summed E-state index contributed by atoms with van der Waals surface area (Å²) in [4.78, 5) is 0. The third-order valence-corrected chi connectivity index (χ3v) is 2.83. The largest absolute Gasteiger partial charge is 0.496 e. The summed E-state index contributed by atoms with van der Waals surface area (Å²) < 4.78 is 16.6. The first-order valence-corrected chi connectivity index (χ1v) is 6.74. The first-order valence-electron chi connectivity index (χ1n) is 6.74. The zero-order valence-corrected chi connectivity index (χ0v) is 12.4. The lowest BCUT2D eigenvalue weighted by Gasteiger charge is -2.17. The zero-order valence-electron chi connectivity index (χ0n) is 12.4. The summed E-state index contributed by atoms with van der Waals surface area (Å²) in [6.07, 6.45) is 3.08. The summed E-state index contributed by atoms with van der Waals surface area (Å²) in [6.45, 7) is 4.69. The van der Waals surface area contributed by atoms with Crippen LogP contribution in [0, 0.1) is 0 Å². The van der Waals surface area contributed by atoms with E-state index in [-0.39, 0.29) is 6.10 Å². The van der Waals surface area contributed by atoms with Crippen molar-refractivity contribution in [3.05, 3.63) is 17.7 Å². The summed E-state index contributed by atoms with van der Waals surface area (Å²) >= 11 is 0. The number of methoxy groups -OCH3 is 2. The maximum atomic E-state index is 5.73. The smallest absolute Gasteiger partial charge is 0.165 e. The van der Waals surface area contributed by atoms with Gasteiger partial charge in [0, 0.05) is 6.07 Å². The minimum Gasteiger partial charge on any atom is -0.496 e. The first kappa shape index (κ1) is 15.6. The van der Waals surface area contributed by atoms with E-state index in [1.807, 2.05) is 26.0 Å². The van der Waals surface area contributed by atoms with Gasteiger partial charge in [-0.15, -0.1) is 0 Å². The lowest BCUT2D eigenvalue weighted by Crippen LogP contribution is -2.07. The number of unbranched alkanes of at least 4 members (excludes halogenated alkanes) is 1. The molecule has 0 bridgehead atoms. The Hall–Kier alpha value is -1.42. The number of aryl methyl sites for hydroxylation is 1. The number of ether oxygens (including phenoxy) is 3. The average molecular weight is 267 g/mol. The lowest BCUT2D eigenvalue weighted by molar-refractivity contribution is 0.228. The van der Waals surface area contributed by atoms with Gasteiger partial charge in [-0.1, -0.05) is 0 Å². The molecule has 0 fully saturated rings. The molecule has 0 amide bonds. The van der Waals surface area contributed by atoms with Crippen molar-refractivity contribution in [1.82, 2.24) is 0 Å². The van der Waals surface area contributed by atoms with Crippen LogP contribution in [0.2, 0.25) is 0 Å². The average Bonchev–Trinajstić information content (AvgIpc) is 2.39. The second-order valence-electron chi connectivity index (χ2n) is 4.73. The molecule has 19 heavy (non-hydrogen) atoms. The molecule has 108 valence electrons. The Kier molecular flexibility index (Phi) is 6.50. The van der Waals surface area contributed by atoms with Crippen LogP contribution in [0.15, 0.2) is 12.1 Å². The molecular weight excluding hydrogens is 242 g/mol. The molecule has 2 N–H and O–H groups in total. The number of hydrogen-bond acceptors (Lipinski definition) is 4. The summed E-state index contributed by atoms with van der Waals surface area (Å²) in [5.41, 5.74) is 6.65. The standard InChI is InChI=1S/C15H25NO3/c1-11(2)19-15-10-13(17-3)12(7-5-6-8-16)9-14(15)18-4/h9-11H,5-8,16H2,1-4H3. The van der Waals surface area contributed by atoms with Crippen LogP contribution in [-0.4, -0.2) is 26.9 Å². The van der Waals surface area contributed by atoms with Gasteiger partial charge in [0.2, 0.25) is 0 Å². The molecule has 0 spiro atoms. The van der Waals surface area contributed by atoms with E-state index in [1.165, 1.54) is 0 Å². The third kappa shape index (κ3) is 4.63. The second-order valence-corrected chi connectivity index (χ2v) is 4.73. The van der Waals surface area contributed by atoms with Gasteiger partial charge in [-0.2, -0.15) is 0 Å². The van der Waals surface area contributed by atoms with Gasteiger partial charge in [0.05, 0.1) is 20.3 Å². The SMILES string of the molecule is COc1cc(OC(C)C)c(OC)cc1CCCCN. The van der Waals surface area contributed by atoms with Crippen LogP contribution in [0.25, 0.3) is 0 Å². The Morgan fingerprint density at radius 1 is 1.00 bits per heavy atom. The molecule has 4 nitrogen and oxygen atoms in total. The maximum absolute atomic E-state index is 5.73. The van der Waals surface area contributed by atoms with Crippen LogP contribution in [0.3, 0.4) is 0 Å². The van der Waals surface area contributed by atoms with Crippen LogP contribution in [-0.2, 0) is 6.42 Å². The van der Waals surface area contributed by atoms with Crippen LogP contribution >= 0.6 is 0 Å². The fraction of sp³-hybridized carbons (Fsp3) is 0.600. The third-order valence-electron chi connectivity index (χ3n) is 2.83. The summed E-state index contributed by atoms with van der Waals surface area (Å²) in [5, 5.41) is 0. The van der Waals surface area contributed by atoms with Crippen molar-refractivity contribution in [2.75, 3.05) is 20.8 Å². The molecule has 0 atom stereocenters. The van der Waals surface area contributed by atoms with E-state index in [1.54, 1.807) is 14.2 Å². The fourth-order valence-corrected chi connectivity index (χ4v) is 1.93. The highest BCUT2D eigenvalue weighted by atomic mass is 16.5. The Labute approximate surface area is 115 Å². The highest BCUT2D eigenvalue weighted by Gasteiger charge is 2.13. The van der Waals surface area contributed by atoms with Crippen molar-refractivity contribution in [2.24, 2.45) is 5.73 Å². The quantitative estimate of drug-likeness (QED) is 0.736. The van der Waals surface area contributed by atoms with E-state index >= 15 is 0 Å². The van der Waals surface area contributed by atoms with E-state index in [0.29, 0.717) is 6.54 Å². The van der Waals surface area contributed by atoms with Gasteiger partial charge < -0.3 is 19.9 Å². The molecule has 0 saturated heterocycles. The minimum absolute atomic E-state index is 0.0988. The van der Waals surface area contributed by atoms with E-state index in [9.17, 15) is 0 Å². The van der Waals surface area contributed by atoms with Crippen molar-refractivity contribution < 1.29 is 14.2 Å². The van der Waals surface area contributed by atoms with Crippen molar-refractivity contribution in [3.8, 4) is 17.2 Å². The van der Waals surface area contributed by atoms with Gasteiger partial charge in [0.1, 0.15) is 5.75 Å². The molecule has 1 rings (SSSR count). The van der Waals surface area contributed by atoms with E-state index in [0.717, 1.165) is 42.1 Å². The predicted molar refractivity (Wildman–Crippen MR) is 77.3 cm³/mol. The number of rotatable bonds is 8. The Morgan fingerprint density at radius 3 is 2.21 bits per heavy atom. The molecular formula is C15H25NO3. The maximum Gasteiger partial charge on any atom is 0.165 e. The van der Waals surface area contributed by atoms with E-state index in [4.69, 9.17) is 19.9 Å². The summed E-state index contributed by atoms with van der Waals surface area (Å²) in [6, 6.07) is 3.89. The molecule has 1 aromatic carbocycles. The molecule has 4 heteroatoms. The summed E-state index contributed by atoms with van der Waals surface area (Å²) in [5.74, 6) is 2.31. The number of nitrogens with two attached hydrogens (primary N) is 1. The Morgan fingerprint density at radius 2 is 1.68 bits per heavy atom. The lowest BCUT2D eigenvalue weighted by atomic mass is 10.1. The molecule has 0 aromatic heterocycles. The molecule has 1 aromatic rings. The topological polar surface area (TPSA) is 53.7 Å².